The maximum atomic E-state index is 11.1. The number of alkyl halides is 1. The molecule has 2 heterocycles. The van der Waals surface area contributed by atoms with E-state index < -0.39 is 5.91 Å². The smallest absolute Gasteiger partial charge is 0.317 e. The van der Waals surface area contributed by atoms with Crippen LogP contribution in [0.4, 0.5) is 4.79 Å². The highest BCUT2D eigenvalue weighted by Gasteiger charge is 2.32. The van der Waals surface area contributed by atoms with Crippen LogP contribution in [0.1, 0.15) is 42.9 Å². The van der Waals surface area contributed by atoms with Crippen molar-refractivity contribution in [1.29, 1.82) is 0 Å². The summed E-state index contributed by atoms with van der Waals surface area (Å²) < 4.78 is 0. The van der Waals surface area contributed by atoms with Crippen molar-refractivity contribution in [2.24, 2.45) is 5.73 Å². The number of carbonyl (C=O) groups excluding carboxylic acids is 2. The summed E-state index contributed by atoms with van der Waals surface area (Å²) in [5, 5.41) is 3.60. The molecule has 7 heteroatoms. The van der Waals surface area contributed by atoms with Crippen LogP contribution >= 0.6 is 15.9 Å². The van der Waals surface area contributed by atoms with Crippen molar-refractivity contribution in [2.75, 3.05) is 7.05 Å². The molecular formula is C14H23BrN4O2. The molecule has 0 bridgehead atoms. The van der Waals surface area contributed by atoms with Gasteiger partial charge in [-0.25, -0.2) is 4.79 Å². The number of rotatable bonds is 4. The fourth-order valence-corrected chi connectivity index (χ4v) is 2.61. The molecule has 21 heavy (non-hydrogen) atoms. The number of amides is 3. The summed E-state index contributed by atoms with van der Waals surface area (Å²) in [7, 11) is 1.86. The Balaban J connectivity index is 0.000000211. The Hall–Kier alpha value is -1.50. The number of likely N-dealkylation sites (N-methyl/N-ethyl adjacent to an activating group) is 1. The third-order valence-electron chi connectivity index (χ3n) is 3.49. The minimum absolute atomic E-state index is 0.0657. The molecule has 1 aromatic rings. The van der Waals surface area contributed by atoms with Crippen molar-refractivity contribution in [3.05, 3.63) is 23.5 Å². The van der Waals surface area contributed by atoms with E-state index in [0.29, 0.717) is 23.1 Å². The molecule has 4 N–H and O–H groups in total. The number of hydrogen-bond donors (Lipinski definition) is 3. The first-order valence-electron chi connectivity index (χ1n) is 6.97. The van der Waals surface area contributed by atoms with E-state index in [-0.39, 0.29) is 6.03 Å². The van der Waals surface area contributed by atoms with Crippen molar-refractivity contribution in [1.82, 2.24) is 15.2 Å². The van der Waals surface area contributed by atoms with Gasteiger partial charge in [0.05, 0.1) is 6.04 Å². The van der Waals surface area contributed by atoms with Gasteiger partial charge in [0.2, 0.25) is 0 Å². The Bertz CT molecular complexity index is 489. The predicted molar refractivity (Wildman–Crippen MR) is 86.4 cm³/mol. The van der Waals surface area contributed by atoms with Gasteiger partial charge in [-0.05, 0) is 25.5 Å². The molecule has 0 unspecified atom stereocenters. The third-order valence-corrected chi connectivity index (χ3v) is 4.09. The summed E-state index contributed by atoms with van der Waals surface area (Å²) >= 11 is 3.24. The lowest BCUT2D eigenvalue weighted by atomic mass is 10.1. The summed E-state index contributed by atoms with van der Waals surface area (Å²) in [4.78, 5) is 26.2. The normalized spacial score (nSPS) is 20.8. The number of aromatic nitrogens is 1. The Labute approximate surface area is 133 Å². The van der Waals surface area contributed by atoms with Crippen LogP contribution in [0, 0.1) is 0 Å². The van der Waals surface area contributed by atoms with Crippen LogP contribution in [0.15, 0.2) is 12.1 Å². The lowest BCUT2D eigenvalue weighted by Gasteiger charge is -2.19. The van der Waals surface area contributed by atoms with Crippen LogP contribution in [0.5, 0.6) is 0 Å². The molecule has 6 nitrogen and oxygen atoms in total. The maximum absolute atomic E-state index is 11.1. The number of carbonyl (C=O) groups is 2. The monoisotopic (exact) mass is 358 g/mol. The zero-order chi connectivity index (χ0) is 16.0. The molecule has 2 rings (SSSR count). The fourth-order valence-electron chi connectivity index (χ4n) is 2.28. The Morgan fingerprint density at radius 1 is 1.48 bits per heavy atom. The number of primary amides is 1. The molecule has 0 aliphatic carbocycles. The van der Waals surface area contributed by atoms with Gasteiger partial charge in [0, 0.05) is 24.1 Å². The van der Waals surface area contributed by atoms with E-state index in [0.717, 1.165) is 18.5 Å². The van der Waals surface area contributed by atoms with E-state index in [9.17, 15) is 9.59 Å². The second-order valence-corrected chi connectivity index (χ2v) is 5.66. The first kappa shape index (κ1) is 17.6. The van der Waals surface area contributed by atoms with Crippen LogP contribution in [0.3, 0.4) is 0 Å². The lowest BCUT2D eigenvalue weighted by molar-refractivity contribution is 0.0996. The largest absolute Gasteiger partial charge is 0.364 e. The third kappa shape index (κ3) is 4.77. The van der Waals surface area contributed by atoms with Gasteiger partial charge in [-0.3, -0.25) is 4.79 Å². The van der Waals surface area contributed by atoms with Crippen LogP contribution in [-0.2, 0) is 5.33 Å². The molecule has 3 amide bonds. The number of nitrogens with one attached hydrogen (secondary N) is 2. The maximum Gasteiger partial charge on any atom is 0.317 e. The van der Waals surface area contributed by atoms with Gasteiger partial charge in [-0.1, -0.05) is 29.3 Å². The van der Waals surface area contributed by atoms with Gasteiger partial charge in [-0.15, -0.1) is 0 Å². The van der Waals surface area contributed by atoms with Crippen LogP contribution < -0.4 is 11.1 Å². The SMILES string of the molecule is CCC[C@@H]1[C@H](C)NC(=O)N1C.NC(=O)c1ccc(CBr)[nH]1. The van der Waals surface area contributed by atoms with Gasteiger partial charge in [0.1, 0.15) is 5.69 Å². The van der Waals surface area contributed by atoms with Crippen molar-refractivity contribution < 1.29 is 9.59 Å². The summed E-state index contributed by atoms with van der Waals surface area (Å²) in [6.07, 6.45) is 2.23. The average molecular weight is 359 g/mol. The van der Waals surface area contributed by atoms with Gasteiger partial charge in [-0.2, -0.15) is 0 Å². The van der Waals surface area contributed by atoms with Crippen LogP contribution in [0.25, 0.3) is 0 Å². The second kappa shape index (κ2) is 8.07. The summed E-state index contributed by atoms with van der Waals surface area (Å²) in [5.74, 6) is -0.424. The van der Waals surface area contributed by atoms with Crippen molar-refractivity contribution in [3.8, 4) is 0 Å². The van der Waals surface area contributed by atoms with E-state index in [4.69, 9.17) is 5.73 Å². The fraction of sp³-hybridized carbons (Fsp3) is 0.571. The molecule has 0 aromatic carbocycles. The van der Waals surface area contributed by atoms with E-state index in [1.54, 1.807) is 11.0 Å². The number of halogens is 1. The zero-order valence-corrected chi connectivity index (χ0v) is 14.2. The first-order valence-corrected chi connectivity index (χ1v) is 8.09. The summed E-state index contributed by atoms with van der Waals surface area (Å²) in [5.41, 5.74) is 6.40. The number of aromatic amines is 1. The summed E-state index contributed by atoms with van der Waals surface area (Å²) in [6, 6.07) is 4.25. The molecule has 1 saturated heterocycles. The van der Waals surface area contributed by atoms with Crippen molar-refractivity contribution in [3.63, 3.8) is 0 Å². The molecule has 0 spiro atoms. The van der Waals surface area contributed by atoms with Crippen molar-refractivity contribution >= 4 is 27.9 Å². The molecule has 2 atom stereocenters. The molecule has 0 saturated carbocycles. The molecule has 0 radical (unpaired) electrons. The molecular weight excluding hydrogens is 336 g/mol. The quantitative estimate of drug-likeness (QED) is 0.720. The minimum Gasteiger partial charge on any atom is -0.364 e. The van der Waals surface area contributed by atoms with Crippen LogP contribution in [-0.4, -0.2) is 41.0 Å². The molecule has 1 fully saturated rings. The number of hydrogen-bond acceptors (Lipinski definition) is 2. The molecule has 1 aliphatic rings. The highest BCUT2D eigenvalue weighted by atomic mass is 79.9. The first-order chi connectivity index (χ1) is 9.90. The van der Waals surface area contributed by atoms with Gasteiger partial charge >= 0.3 is 6.03 Å². The Morgan fingerprint density at radius 3 is 2.48 bits per heavy atom. The Morgan fingerprint density at radius 2 is 2.14 bits per heavy atom. The highest BCUT2D eigenvalue weighted by molar-refractivity contribution is 9.08. The van der Waals surface area contributed by atoms with E-state index in [2.05, 4.69) is 40.1 Å². The van der Waals surface area contributed by atoms with Gasteiger partial charge in [0.15, 0.2) is 0 Å². The van der Waals surface area contributed by atoms with Crippen molar-refractivity contribution in [2.45, 2.75) is 44.1 Å². The van der Waals surface area contributed by atoms with Gasteiger partial charge < -0.3 is 20.9 Å². The topological polar surface area (TPSA) is 91.2 Å². The number of nitrogens with zero attached hydrogens (tertiary/aromatic N) is 1. The van der Waals surface area contributed by atoms with E-state index >= 15 is 0 Å². The number of urea groups is 1. The van der Waals surface area contributed by atoms with E-state index in [1.165, 1.54) is 0 Å². The van der Waals surface area contributed by atoms with Crippen LogP contribution in [0.2, 0.25) is 0 Å². The second-order valence-electron chi connectivity index (χ2n) is 5.10. The molecule has 1 aliphatic heterocycles. The molecule has 118 valence electrons. The predicted octanol–water partition coefficient (Wildman–Crippen LogP) is 2.21. The Kier molecular flexibility index (Phi) is 6.74. The summed E-state index contributed by atoms with van der Waals surface area (Å²) in [6.45, 7) is 4.20. The van der Waals surface area contributed by atoms with E-state index in [1.807, 2.05) is 13.1 Å². The minimum atomic E-state index is -0.424. The highest BCUT2D eigenvalue weighted by Crippen LogP contribution is 2.15. The number of nitrogens with two attached hydrogens (primary N) is 1. The zero-order valence-electron chi connectivity index (χ0n) is 12.6. The van der Waals surface area contributed by atoms with Gasteiger partial charge in [0.25, 0.3) is 5.91 Å². The molecule has 1 aromatic heterocycles. The standard InChI is InChI=1S/C8H16N2O.C6H7BrN2O/c1-4-5-7-6(2)9-8(11)10(7)3;7-3-4-1-2-5(9-4)6(8)10/h6-7H,4-5H2,1-3H3,(H,9,11);1-2,9H,3H2,(H2,8,10)/t6-,7+;/m0./s1. The number of H-pyrrole nitrogens is 1. The average Bonchev–Trinajstić information content (AvgIpc) is 3.01. The lowest BCUT2D eigenvalue weighted by Crippen LogP contribution is -2.32.